The van der Waals surface area contributed by atoms with Crippen LogP contribution in [-0.2, 0) is 4.79 Å². The molecular weight excluding hydrogens is 292 g/mol. The normalized spacial score (nSPS) is 15.6. The summed E-state index contributed by atoms with van der Waals surface area (Å²) in [6.07, 6.45) is 0. The molecule has 0 amide bonds. The molecule has 5 heteroatoms. The number of piperazine rings is 1. The van der Waals surface area contributed by atoms with Gasteiger partial charge in [-0.3, -0.25) is 4.90 Å². The van der Waals surface area contributed by atoms with E-state index in [-0.39, 0.29) is 12.4 Å². The van der Waals surface area contributed by atoms with Crippen molar-refractivity contribution < 1.29 is 4.79 Å². The number of rotatable bonds is 3. The van der Waals surface area contributed by atoms with E-state index in [1.54, 1.807) is 11.3 Å². The lowest BCUT2D eigenvalue weighted by Gasteiger charge is -2.27. The molecule has 3 nitrogen and oxygen atoms in total. The first kappa shape index (κ1) is 15.2. The molecule has 1 aromatic heterocycles. The van der Waals surface area contributed by atoms with Crippen molar-refractivity contribution in [3.8, 4) is 0 Å². The number of nitrogens with one attached hydrogen (secondary N) is 1. The van der Waals surface area contributed by atoms with E-state index in [9.17, 15) is 4.79 Å². The molecule has 0 aliphatic carbocycles. The fourth-order valence-electron chi connectivity index (χ4n) is 2.48. The third kappa shape index (κ3) is 3.11. The van der Waals surface area contributed by atoms with Crippen molar-refractivity contribution in [1.82, 2.24) is 10.2 Å². The van der Waals surface area contributed by atoms with Gasteiger partial charge in [0.2, 0.25) is 0 Å². The Morgan fingerprint density at radius 2 is 2.05 bits per heavy atom. The maximum Gasteiger partial charge on any atom is 0.129 e. The van der Waals surface area contributed by atoms with E-state index in [1.807, 2.05) is 12.1 Å². The average Bonchev–Trinajstić information content (AvgIpc) is 2.90. The molecular formula is C15H17ClN2OS. The maximum atomic E-state index is 11.3. The third-order valence-corrected chi connectivity index (χ3v) is 4.48. The lowest BCUT2D eigenvalue weighted by molar-refractivity contribution is 0.268. The highest BCUT2D eigenvalue weighted by Crippen LogP contribution is 2.30. The van der Waals surface area contributed by atoms with E-state index >= 15 is 0 Å². The van der Waals surface area contributed by atoms with Gasteiger partial charge in [-0.15, -0.1) is 23.7 Å². The van der Waals surface area contributed by atoms with E-state index < -0.39 is 0 Å². The molecule has 0 bridgehead atoms. The van der Waals surface area contributed by atoms with Crippen molar-refractivity contribution in [1.29, 1.82) is 0 Å². The van der Waals surface area contributed by atoms with Crippen LogP contribution in [-0.4, -0.2) is 43.6 Å². The molecule has 1 aliphatic rings. The molecule has 1 N–H and O–H groups in total. The zero-order valence-electron chi connectivity index (χ0n) is 11.1. The SMILES string of the molecule is Cl.O=C=C(CN1CCNCC1)c1csc2ccccc12. The minimum Gasteiger partial charge on any atom is -0.314 e. The zero-order chi connectivity index (χ0) is 13.1. The lowest BCUT2D eigenvalue weighted by Crippen LogP contribution is -2.44. The van der Waals surface area contributed by atoms with Crippen molar-refractivity contribution in [2.45, 2.75) is 0 Å². The topological polar surface area (TPSA) is 32.3 Å². The van der Waals surface area contributed by atoms with Crippen molar-refractivity contribution in [3.05, 3.63) is 35.2 Å². The van der Waals surface area contributed by atoms with E-state index in [4.69, 9.17) is 0 Å². The largest absolute Gasteiger partial charge is 0.314 e. The maximum absolute atomic E-state index is 11.3. The summed E-state index contributed by atoms with van der Waals surface area (Å²) >= 11 is 1.69. The molecule has 20 heavy (non-hydrogen) atoms. The summed E-state index contributed by atoms with van der Waals surface area (Å²) in [7, 11) is 0. The second-order valence-corrected chi connectivity index (χ2v) is 5.66. The van der Waals surface area contributed by atoms with Crippen molar-refractivity contribution in [3.63, 3.8) is 0 Å². The minimum absolute atomic E-state index is 0. The standard InChI is InChI=1S/C15H16N2OS.ClH/c18-10-12(9-17-7-5-16-6-8-17)14-11-19-15-4-2-1-3-13(14)15;/h1-4,11,16H,5-9H2;1H. The monoisotopic (exact) mass is 308 g/mol. The number of benzene rings is 1. The predicted octanol–water partition coefficient (Wildman–Crippen LogP) is 2.44. The average molecular weight is 309 g/mol. The number of carbonyl (C=O) groups excluding carboxylic acids is 1. The Hall–Kier alpha value is -1.16. The molecule has 3 rings (SSSR count). The summed E-state index contributed by atoms with van der Waals surface area (Å²) in [6, 6.07) is 8.22. The predicted molar refractivity (Wildman–Crippen MR) is 87.5 cm³/mol. The quantitative estimate of drug-likeness (QED) is 0.884. The Balaban J connectivity index is 0.00000147. The Bertz CT molecular complexity index is 628. The van der Waals surface area contributed by atoms with E-state index in [1.165, 1.54) is 10.1 Å². The Kier molecular flexibility index (Phi) is 5.35. The van der Waals surface area contributed by atoms with E-state index in [0.717, 1.165) is 37.3 Å². The van der Waals surface area contributed by atoms with Crippen LogP contribution >= 0.6 is 23.7 Å². The van der Waals surface area contributed by atoms with E-state index in [2.05, 4.69) is 33.7 Å². The van der Waals surface area contributed by atoms with Gasteiger partial charge in [0.1, 0.15) is 5.94 Å². The zero-order valence-corrected chi connectivity index (χ0v) is 12.7. The van der Waals surface area contributed by atoms with Gasteiger partial charge in [0.25, 0.3) is 0 Å². The molecule has 0 atom stereocenters. The summed E-state index contributed by atoms with van der Waals surface area (Å²) in [5.41, 5.74) is 1.83. The summed E-state index contributed by atoms with van der Waals surface area (Å²) in [5.74, 6) is 2.16. The van der Waals surface area contributed by atoms with Gasteiger partial charge in [-0.2, -0.15) is 0 Å². The molecule has 1 aromatic carbocycles. The molecule has 1 fully saturated rings. The first-order valence-corrected chi connectivity index (χ1v) is 7.40. The number of nitrogens with zero attached hydrogens (tertiary/aromatic N) is 1. The second kappa shape index (κ2) is 7.02. The number of thiophene rings is 1. The molecule has 0 saturated carbocycles. The molecule has 1 aliphatic heterocycles. The summed E-state index contributed by atoms with van der Waals surface area (Å²) < 4.78 is 1.23. The first-order valence-electron chi connectivity index (χ1n) is 6.52. The molecule has 2 aromatic rings. The number of hydrogen-bond acceptors (Lipinski definition) is 4. The highest BCUT2D eigenvalue weighted by molar-refractivity contribution is 7.17. The molecule has 0 spiro atoms. The second-order valence-electron chi connectivity index (χ2n) is 4.75. The highest BCUT2D eigenvalue weighted by Gasteiger charge is 2.15. The summed E-state index contributed by atoms with van der Waals surface area (Å²) in [6.45, 7) is 4.68. The molecule has 1 saturated heterocycles. The number of halogens is 1. The van der Waals surface area contributed by atoms with Gasteiger partial charge in [0, 0.05) is 53.8 Å². The molecule has 0 unspecified atom stereocenters. The first-order chi connectivity index (χ1) is 9.38. The third-order valence-electron chi connectivity index (χ3n) is 3.52. The van der Waals surface area contributed by atoms with Crippen LogP contribution < -0.4 is 5.32 Å². The Morgan fingerprint density at radius 1 is 1.30 bits per heavy atom. The fraction of sp³-hybridized carbons (Fsp3) is 0.333. The smallest absolute Gasteiger partial charge is 0.129 e. The van der Waals surface area contributed by atoms with Gasteiger partial charge < -0.3 is 5.32 Å². The van der Waals surface area contributed by atoms with Crippen LogP contribution in [0.2, 0.25) is 0 Å². The van der Waals surface area contributed by atoms with Gasteiger partial charge >= 0.3 is 0 Å². The van der Waals surface area contributed by atoms with Crippen LogP contribution in [0.1, 0.15) is 5.56 Å². The summed E-state index contributed by atoms with van der Waals surface area (Å²) in [5, 5.41) is 6.57. The van der Waals surface area contributed by atoms with Crippen molar-refractivity contribution in [2.24, 2.45) is 0 Å². The number of hydrogen-bond donors (Lipinski definition) is 1. The Morgan fingerprint density at radius 3 is 2.80 bits per heavy atom. The van der Waals surface area contributed by atoms with Crippen LogP contribution in [0.5, 0.6) is 0 Å². The molecule has 2 heterocycles. The van der Waals surface area contributed by atoms with Gasteiger partial charge in [-0.05, 0) is 6.07 Å². The van der Waals surface area contributed by atoms with Crippen LogP contribution in [0.4, 0.5) is 0 Å². The molecule has 106 valence electrons. The van der Waals surface area contributed by atoms with Crippen molar-refractivity contribution in [2.75, 3.05) is 32.7 Å². The van der Waals surface area contributed by atoms with Gasteiger partial charge in [0.05, 0.1) is 5.57 Å². The van der Waals surface area contributed by atoms with E-state index in [0.29, 0.717) is 6.54 Å². The Labute approximate surface area is 128 Å². The summed E-state index contributed by atoms with van der Waals surface area (Å²) in [4.78, 5) is 13.6. The molecule has 0 radical (unpaired) electrons. The van der Waals surface area contributed by atoms with Gasteiger partial charge in [-0.1, -0.05) is 18.2 Å². The number of fused-ring (bicyclic) bond motifs is 1. The van der Waals surface area contributed by atoms with Crippen molar-refractivity contribution >= 4 is 45.3 Å². The fourth-order valence-corrected chi connectivity index (χ4v) is 3.45. The van der Waals surface area contributed by atoms with Gasteiger partial charge in [0.15, 0.2) is 0 Å². The minimum atomic E-state index is 0. The highest BCUT2D eigenvalue weighted by atomic mass is 35.5. The van der Waals surface area contributed by atoms with Crippen LogP contribution in [0.3, 0.4) is 0 Å². The van der Waals surface area contributed by atoms with Crippen LogP contribution in [0.25, 0.3) is 15.7 Å². The lowest BCUT2D eigenvalue weighted by atomic mass is 10.1. The van der Waals surface area contributed by atoms with Crippen LogP contribution in [0.15, 0.2) is 29.6 Å². The van der Waals surface area contributed by atoms with Crippen LogP contribution in [0, 0.1) is 0 Å². The van der Waals surface area contributed by atoms with Gasteiger partial charge in [-0.25, -0.2) is 4.79 Å².